The van der Waals surface area contributed by atoms with Crippen LogP contribution in [0.15, 0.2) is 195 Å². The molecule has 4 nitrogen and oxygen atoms in total. The van der Waals surface area contributed by atoms with Crippen LogP contribution in [0, 0.1) is 0 Å². The van der Waals surface area contributed by atoms with Gasteiger partial charge in [0.2, 0.25) is 0 Å². The molecular weight excluding hydrogens is 717 g/mol. The second kappa shape index (κ2) is 14.7. The smallest absolute Gasteiger partial charge is 0.140 e. The third-order valence-electron chi connectivity index (χ3n) is 11.6. The lowest BCUT2D eigenvalue weighted by molar-refractivity contribution is 0.924. The van der Waals surface area contributed by atoms with Gasteiger partial charge in [0.05, 0.1) is 22.1 Å². The van der Waals surface area contributed by atoms with E-state index >= 15 is 0 Å². The van der Waals surface area contributed by atoms with E-state index in [0.717, 1.165) is 67.1 Å². The summed E-state index contributed by atoms with van der Waals surface area (Å²) in [5.74, 6) is 1.86. The van der Waals surface area contributed by atoms with Crippen LogP contribution in [0.25, 0.3) is 105 Å². The molecule has 0 radical (unpaired) electrons. The Morgan fingerprint density at radius 3 is 1.44 bits per heavy atom. The Morgan fingerprint density at radius 2 is 0.932 bits per heavy atom. The van der Waals surface area contributed by atoms with Crippen molar-refractivity contribution in [2.24, 2.45) is 14.1 Å². The highest BCUT2D eigenvalue weighted by Gasteiger charge is 2.20. The molecule has 2 heterocycles. The molecule has 10 rings (SSSR count). The van der Waals surface area contributed by atoms with Crippen molar-refractivity contribution in [2.45, 2.75) is 6.92 Å². The highest BCUT2D eigenvalue weighted by Crippen LogP contribution is 2.46. The number of rotatable bonds is 8. The summed E-state index contributed by atoms with van der Waals surface area (Å²) in [7, 11) is 4.16. The summed E-state index contributed by atoms with van der Waals surface area (Å²) < 4.78 is 4.33. The van der Waals surface area contributed by atoms with Gasteiger partial charge in [0.1, 0.15) is 11.6 Å². The number of hydrogen-bond acceptors (Lipinski definition) is 2. The van der Waals surface area contributed by atoms with Gasteiger partial charge in [-0.05, 0) is 109 Å². The van der Waals surface area contributed by atoms with Gasteiger partial charge in [0.25, 0.3) is 0 Å². The van der Waals surface area contributed by atoms with Crippen LogP contribution < -0.4 is 0 Å². The van der Waals surface area contributed by atoms with E-state index in [9.17, 15) is 0 Å². The van der Waals surface area contributed by atoms with Crippen molar-refractivity contribution in [1.29, 1.82) is 0 Å². The molecule has 59 heavy (non-hydrogen) atoms. The minimum Gasteiger partial charge on any atom is -0.327 e. The molecule has 0 aliphatic carbocycles. The molecule has 282 valence electrons. The number of benzene rings is 8. The van der Waals surface area contributed by atoms with Crippen molar-refractivity contribution in [1.82, 2.24) is 19.1 Å². The van der Waals surface area contributed by atoms with Gasteiger partial charge in [-0.2, -0.15) is 0 Å². The molecule has 4 heteroatoms. The van der Waals surface area contributed by atoms with Crippen LogP contribution in [-0.2, 0) is 14.1 Å². The minimum atomic E-state index is 0.894. The first-order chi connectivity index (χ1) is 29.0. The number of nitrogens with zero attached hydrogens (tertiary/aromatic N) is 4. The van der Waals surface area contributed by atoms with E-state index in [2.05, 4.69) is 194 Å². The zero-order valence-corrected chi connectivity index (χ0v) is 33.4. The van der Waals surface area contributed by atoms with Gasteiger partial charge in [-0.3, -0.25) is 0 Å². The lowest BCUT2D eigenvalue weighted by atomic mass is 9.84. The molecule has 2 aromatic heterocycles. The normalized spacial score (nSPS) is 12.1. The zero-order valence-electron chi connectivity index (χ0n) is 33.4. The fourth-order valence-corrected chi connectivity index (χ4v) is 8.72. The number of allylic oxidation sites excluding steroid dienone is 5. The molecule has 0 saturated heterocycles. The Hall–Kier alpha value is -7.56. The number of fused-ring (bicyclic) bond motifs is 4. The molecule has 0 spiro atoms. The average Bonchev–Trinajstić information content (AvgIpc) is 3.80. The Bertz CT molecular complexity index is 3290. The summed E-state index contributed by atoms with van der Waals surface area (Å²) in [6.07, 6.45) is 7.97. The first-order valence-corrected chi connectivity index (χ1v) is 20.1. The van der Waals surface area contributed by atoms with Crippen LogP contribution in [0.1, 0.15) is 12.7 Å². The molecule has 0 N–H and O–H groups in total. The molecular formula is C55H42N4. The first kappa shape index (κ1) is 35.8. The molecule has 0 saturated carbocycles. The molecule has 0 bridgehead atoms. The van der Waals surface area contributed by atoms with Crippen LogP contribution in [0.3, 0.4) is 0 Å². The third kappa shape index (κ3) is 6.18. The van der Waals surface area contributed by atoms with Crippen molar-refractivity contribution in [3.05, 3.63) is 200 Å². The summed E-state index contributed by atoms with van der Waals surface area (Å²) in [6.45, 7) is 6.08. The first-order valence-electron chi connectivity index (χ1n) is 20.1. The highest BCUT2D eigenvalue weighted by molar-refractivity contribution is 6.22. The van der Waals surface area contributed by atoms with Crippen LogP contribution in [0.4, 0.5) is 0 Å². The van der Waals surface area contributed by atoms with Gasteiger partial charge < -0.3 is 9.13 Å². The van der Waals surface area contributed by atoms with E-state index in [1.807, 2.05) is 31.2 Å². The Morgan fingerprint density at radius 1 is 0.475 bits per heavy atom. The number of aryl methyl sites for hydroxylation is 2. The van der Waals surface area contributed by atoms with E-state index in [1.165, 1.54) is 43.8 Å². The van der Waals surface area contributed by atoms with Gasteiger partial charge in [-0.25, -0.2) is 9.97 Å². The van der Waals surface area contributed by atoms with Crippen molar-refractivity contribution >= 4 is 49.2 Å². The fourth-order valence-electron chi connectivity index (χ4n) is 8.72. The van der Waals surface area contributed by atoms with E-state index in [4.69, 9.17) is 9.97 Å². The zero-order chi connectivity index (χ0) is 40.0. The summed E-state index contributed by atoms with van der Waals surface area (Å²) in [5, 5.41) is 4.84. The summed E-state index contributed by atoms with van der Waals surface area (Å²) in [5.41, 5.74) is 15.6. The molecule has 8 aromatic carbocycles. The topological polar surface area (TPSA) is 35.6 Å². The molecule has 0 unspecified atom stereocenters. The molecule has 10 aromatic rings. The van der Waals surface area contributed by atoms with E-state index in [0.29, 0.717) is 0 Å². The molecule has 0 fully saturated rings. The SMILES string of the molecule is C=C/C(=C\C=C/C)c1nc2cc(-c3ccc4c(-c5ccccc5)c5cc(-c6ccc7c(c6)nc(-c6ccccc6)n7C)ccc5c(-c5ccccc5)c4c3)ccc2n1C. The van der Waals surface area contributed by atoms with E-state index in [1.54, 1.807) is 0 Å². The van der Waals surface area contributed by atoms with Crippen molar-refractivity contribution < 1.29 is 0 Å². The number of aromatic nitrogens is 4. The van der Waals surface area contributed by atoms with Gasteiger partial charge in [0, 0.05) is 25.2 Å². The van der Waals surface area contributed by atoms with Gasteiger partial charge in [-0.15, -0.1) is 0 Å². The third-order valence-corrected chi connectivity index (χ3v) is 11.6. The predicted octanol–water partition coefficient (Wildman–Crippen LogP) is 14.2. The van der Waals surface area contributed by atoms with Crippen LogP contribution in [0.2, 0.25) is 0 Å². The van der Waals surface area contributed by atoms with Crippen LogP contribution in [0.5, 0.6) is 0 Å². The summed E-state index contributed by atoms with van der Waals surface area (Å²) in [4.78, 5) is 10.2. The second-order valence-corrected chi connectivity index (χ2v) is 15.1. The number of hydrogen-bond donors (Lipinski definition) is 0. The van der Waals surface area contributed by atoms with E-state index < -0.39 is 0 Å². The minimum absolute atomic E-state index is 0.894. The summed E-state index contributed by atoms with van der Waals surface area (Å²) in [6, 6.07) is 59.3. The van der Waals surface area contributed by atoms with Crippen LogP contribution in [-0.4, -0.2) is 19.1 Å². The Kier molecular flexibility index (Phi) is 8.95. The van der Waals surface area contributed by atoms with Gasteiger partial charge >= 0.3 is 0 Å². The highest BCUT2D eigenvalue weighted by atomic mass is 15.1. The molecule has 0 amide bonds. The fraction of sp³-hybridized carbons (Fsp3) is 0.0545. The van der Waals surface area contributed by atoms with Crippen molar-refractivity contribution in [2.75, 3.05) is 0 Å². The molecule has 0 atom stereocenters. The van der Waals surface area contributed by atoms with Crippen LogP contribution >= 0.6 is 0 Å². The van der Waals surface area contributed by atoms with Gasteiger partial charge in [-0.1, -0.05) is 158 Å². The van der Waals surface area contributed by atoms with Crippen molar-refractivity contribution in [3.8, 4) is 55.9 Å². The number of imidazole rings is 2. The van der Waals surface area contributed by atoms with Crippen molar-refractivity contribution in [3.63, 3.8) is 0 Å². The largest absolute Gasteiger partial charge is 0.327 e. The lowest BCUT2D eigenvalue weighted by Gasteiger charge is -2.19. The Balaban J connectivity index is 1.18. The average molecular weight is 759 g/mol. The predicted molar refractivity (Wildman–Crippen MR) is 250 cm³/mol. The standard InChI is InChI=1S/C55H42N4/c1-5-7-17-36(6-2)54-56-48-34-42(26-30-50(48)58(54)3)40-24-28-44-46(32-40)52(37-18-11-8-12-19-37)45-29-25-41(33-47(45)53(44)38-20-13-9-14-21-38)43-27-31-51-49(35-43)57-55(59(51)4)39-22-15-10-16-23-39/h5-35H,2H2,1,3-4H3/b7-5-,36-17+. The monoisotopic (exact) mass is 758 g/mol. The lowest BCUT2D eigenvalue weighted by Crippen LogP contribution is -1.95. The molecule has 0 aliphatic heterocycles. The summed E-state index contributed by atoms with van der Waals surface area (Å²) >= 11 is 0. The van der Waals surface area contributed by atoms with E-state index in [-0.39, 0.29) is 0 Å². The maximum atomic E-state index is 5.12. The van der Waals surface area contributed by atoms with Gasteiger partial charge in [0.15, 0.2) is 0 Å². The molecule has 0 aliphatic rings. The second-order valence-electron chi connectivity index (χ2n) is 15.1. The maximum absolute atomic E-state index is 5.12. The quantitative estimate of drug-likeness (QED) is 0.114. The Labute approximate surface area is 344 Å². The maximum Gasteiger partial charge on any atom is 0.140 e.